The summed E-state index contributed by atoms with van der Waals surface area (Å²) in [5.41, 5.74) is 3.85. The fraction of sp³-hybridized carbons (Fsp3) is 0.909. The molecular formula is C11H7F17N2O. The van der Waals surface area contributed by atoms with Gasteiger partial charge in [0.2, 0.25) is 0 Å². The molecule has 3 nitrogen and oxygen atoms in total. The third-order valence-corrected chi connectivity index (χ3v) is 3.43. The van der Waals surface area contributed by atoms with Crippen molar-refractivity contribution in [3.63, 3.8) is 0 Å². The fourth-order valence-corrected chi connectivity index (χ4v) is 1.71. The number of halogens is 17. The summed E-state index contributed by atoms with van der Waals surface area (Å²) in [7, 11) is 0. The Labute approximate surface area is 158 Å². The average molecular weight is 506 g/mol. The molecule has 0 spiro atoms. The molecule has 0 heterocycles. The Kier molecular flexibility index (Phi) is 7.12. The molecule has 0 radical (unpaired) electrons. The highest BCUT2D eigenvalue weighted by molar-refractivity contribution is 5.72. The SMILES string of the molecule is NC(=O)NC(F)(F)C(F)(F)C(F)(F)C(F)(F)C(F)(F)C(F)(F)C(F)(F)CCC(F)(F)F. The summed E-state index contributed by atoms with van der Waals surface area (Å²) in [5, 5.41) is -0.568. The highest BCUT2D eigenvalue weighted by atomic mass is 19.4. The number of carbonyl (C=O) groups is 1. The van der Waals surface area contributed by atoms with Gasteiger partial charge in [0.15, 0.2) is 0 Å². The van der Waals surface area contributed by atoms with E-state index < -0.39 is 71.9 Å². The van der Waals surface area contributed by atoms with Crippen LogP contribution in [0.25, 0.3) is 0 Å². The molecule has 0 bridgehead atoms. The van der Waals surface area contributed by atoms with Crippen molar-refractivity contribution in [1.82, 2.24) is 5.32 Å². The Hall–Kier alpha value is -1.92. The zero-order valence-electron chi connectivity index (χ0n) is 13.8. The van der Waals surface area contributed by atoms with E-state index in [-0.39, 0.29) is 0 Å². The standard InChI is InChI=1S/C11H7F17N2O/c12-4(13,1-2-5(14,15)16)6(17,18)7(19,20)8(21,22)9(23,24)10(25,26)11(27,28)30-3(29)31/h1-2H2,(H3,29,30,31). The molecule has 0 aliphatic rings. The highest BCUT2D eigenvalue weighted by Crippen LogP contribution is 2.62. The molecule has 0 atom stereocenters. The van der Waals surface area contributed by atoms with Crippen molar-refractivity contribution in [3.05, 3.63) is 0 Å². The summed E-state index contributed by atoms with van der Waals surface area (Å²) >= 11 is 0. The average Bonchev–Trinajstić information content (AvgIpc) is 2.50. The summed E-state index contributed by atoms with van der Waals surface area (Å²) < 4.78 is 221. The summed E-state index contributed by atoms with van der Waals surface area (Å²) in [6.07, 6.45) is -12.2. The first-order valence-corrected chi connectivity index (χ1v) is 6.91. The Morgan fingerprint density at radius 3 is 1.19 bits per heavy atom. The molecule has 0 rings (SSSR count). The molecule has 0 aliphatic carbocycles. The molecule has 186 valence electrons. The van der Waals surface area contributed by atoms with Gasteiger partial charge in [0.05, 0.1) is 0 Å². The number of hydrogen-bond donors (Lipinski definition) is 2. The summed E-state index contributed by atoms with van der Waals surface area (Å²) in [6, 6.07) is -9.77. The van der Waals surface area contributed by atoms with Gasteiger partial charge in [0.1, 0.15) is 0 Å². The minimum atomic E-state index is -8.46. The van der Waals surface area contributed by atoms with Crippen LogP contribution in [0, 0.1) is 0 Å². The van der Waals surface area contributed by atoms with E-state index >= 15 is 0 Å². The molecule has 0 aromatic rings. The number of urea groups is 1. The van der Waals surface area contributed by atoms with Crippen molar-refractivity contribution < 1.29 is 79.4 Å². The monoisotopic (exact) mass is 506 g/mol. The number of carbonyl (C=O) groups excluding carboxylic acids is 1. The Bertz CT molecular complexity index is 667. The number of rotatable bonds is 9. The van der Waals surface area contributed by atoms with Gasteiger partial charge in [-0.3, -0.25) is 5.32 Å². The number of alkyl halides is 17. The number of amides is 2. The van der Waals surface area contributed by atoms with Gasteiger partial charge < -0.3 is 5.73 Å². The second-order valence-electron chi connectivity index (χ2n) is 5.76. The molecular weight excluding hydrogens is 499 g/mol. The van der Waals surface area contributed by atoms with Crippen molar-refractivity contribution in [2.75, 3.05) is 0 Å². The van der Waals surface area contributed by atoms with Crippen LogP contribution in [-0.4, -0.2) is 53.8 Å². The predicted molar refractivity (Wildman–Crippen MR) is 62.6 cm³/mol. The largest absolute Gasteiger partial charge is 0.398 e. The molecule has 0 aromatic heterocycles. The maximum absolute atomic E-state index is 13.4. The lowest BCUT2D eigenvalue weighted by Crippen LogP contribution is -2.74. The molecule has 0 saturated carbocycles. The van der Waals surface area contributed by atoms with Gasteiger partial charge in [0, 0.05) is 12.8 Å². The lowest BCUT2D eigenvalue weighted by molar-refractivity contribution is -0.443. The lowest BCUT2D eigenvalue weighted by Gasteiger charge is -2.42. The minimum Gasteiger partial charge on any atom is -0.352 e. The van der Waals surface area contributed by atoms with Crippen molar-refractivity contribution >= 4 is 6.03 Å². The third kappa shape index (κ3) is 4.65. The molecule has 0 fully saturated rings. The maximum Gasteiger partial charge on any atom is 0.398 e. The van der Waals surface area contributed by atoms with Crippen LogP contribution in [-0.2, 0) is 0 Å². The topological polar surface area (TPSA) is 55.1 Å². The van der Waals surface area contributed by atoms with E-state index in [1.807, 2.05) is 0 Å². The van der Waals surface area contributed by atoms with Crippen LogP contribution < -0.4 is 11.1 Å². The van der Waals surface area contributed by atoms with Crippen LogP contribution in [0.2, 0.25) is 0 Å². The van der Waals surface area contributed by atoms with Gasteiger partial charge in [-0.2, -0.15) is 74.6 Å². The normalized spacial score (nSPS) is 15.8. The van der Waals surface area contributed by atoms with Crippen molar-refractivity contribution in [2.24, 2.45) is 5.73 Å². The molecule has 20 heteroatoms. The summed E-state index contributed by atoms with van der Waals surface area (Å²) in [4.78, 5) is 10.1. The van der Waals surface area contributed by atoms with Gasteiger partial charge in [-0.1, -0.05) is 0 Å². The summed E-state index contributed by atoms with van der Waals surface area (Å²) in [6.45, 7) is 0. The smallest absolute Gasteiger partial charge is 0.352 e. The van der Waals surface area contributed by atoms with Crippen LogP contribution in [0.5, 0.6) is 0 Å². The van der Waals surface area contributed by atoms with Crippen molar-refractivity contribution in [3.8, 4) is 0 Å². The summed E-state index contributed by atoms with van der Waals surface area (Å²) in [5.74, 6) is -47.8. The third-order valence-electron chi connectivity index (χ3n) is 3.43. The second kappa shape index (κ2) is 7.59. The Morgan fingerprint density at radius 1 is 0.548 bits per heavy atom. The molecule has 0 unspecified atom stereocenters. The second-order valence-corrected chi connectivity index (χ2v) is 5.76. The molecule has 0 saturated heterocycles. The van der Waals surface area contributed by atoms with Gasteiger partial charge in [0.25, 0.3) is 0 Å². The zero-order chi connectivity index (χ0) is 25.7. The van der Waals surface area contributed by atoms with E-state index in [4.69, 9.17) is 0 Å². The predicted octanol–water partition coefficient (Wildman–Crippen LogP) is 5.40. The number of nitrogens with two attached hydrogens (primary N) is 1. The van der Waals surface area contributed by atoms with Gasteiger partial charge in [-0.05, 0) is 0 Å². The number of hydrogen-bond acceptors (Lipinski definition) is 1. The van der Waals surface area contributed by atoms with E-state index in [0.717, 1.165) is 0 Å². The van der Waals surface area contributed by atoms with Crippen LogP contribution in [0.15, 0.2) is 0 Å². The van der Waals surface area contributed by atoms with Crippen molar-refractivity contribution in [1.29, 1.82) is 0 Å². The lowest BCUT2D eigenvalue weighted by atomic mass is 9.89. The Morgan fingerprint density at radius 2 is 0.871 bits per heavy atom. The zero-order valence-corrected chi connectivity index (χ0v) is 13.8. The molecule has 0 aliphatic heterocycles. The van der Waals surface area contributed by atoms with Crippen LogP contribution in [0.4, 0.5) is 79.4 Å². The van der Waals surface area contributed by atoms with E-state index in [0.29, 0.717) is 0 Å². The molecule has 3 N–H and O–H groups in total. The molecule has 2 amide bonds. The van der Waals surface area contributed by atoms with E-state index in [1.54, 1.807) is 0 Å². The van der Waals surface area contributed by atoms with Crippen LogP contribution in [0.3, 0.4) is 0 Å². The van der Waals surface area contributed by atoms with E-state index in [1.165, 1.54) is 0 Å². The van der Waals surface area contributed by atoms with E-state index in [2.05, 4.69) is 5.73 Å². The van der Waals surface area contributed by atoms with E-state index in [9.17, 15) is 79.4 Å². The minimum absolute atomic E-state index is 0.568. The quantitative estimate of drug-likeness (QED) is 0.320. The first-order chi connectivity index (χ1) is 13.1. The number of primary amides is 1. The fourth-order valence-electron chi connectivity index (χ4n) is 1.71. The first-order valence-electron chi connectivity index (χ1n) is 6.91. The highest BCUT2D eigenvalue weighted by Gasteiger charge is 2.93. The number of nitrogens with one attached hydrogen (secondary N) is 1. The van der Waals surface area contributed by atoms with Crippen molar-refractivity contribution in [2.45, 2.75) is 60.6 Å². The maximum atomic E-state index is 13.4. The van der Waals surface area contributed by atoms with Crippen LogP contribution >= 0.6 is 0 Å². The molecule has 31 heavy (non-hydrogen) atoms. The molecule has 0 aromatic carbocycles. The first kappa shape index (κ1) is 29.1. The van der Waals surface area contributed by atoms with Crippen LogP contribution in [0.1, 0.15) is 12.8 Å². The Balaban J connectivity index is 6.45. The van der Waals surface area contributed by atoms with Gasteiger partial charge in [-0.15, -0.1) is 0 Å². The van der Waals surface area contributed by atoms with Gasteiger partial charge in [-0.25, -0.2) is 4.79 Å². The van der Waals surface area contributed by atoms with Gasteiger partial charge >= 0.3 is 53.8 Å².